The molecule has 2 aromatic carbocycles. The quantitative estimate of drug-likeness (QED) is 0.350. The Labute approximate surface area is 195 Å². The lowest BCUT2D eigenvalue weighted by atomic mass is 9.87. The monoisotopic (exact) mass is 445 g/mol. The van der Waals surface area contributed by atoms with Crippen molar-refractivity contribution in [2.45, 2.75) is 47.0 Å². The van der Waals surface area contributed by atoms with E-state index in [1.54, 1.807) is 18.2 Å². The molecule has 0 saturated carbocycles. The fourth-order valence-corrected chi connectivity index (χ4v) is 3.84. The molecule has 164 valence electrons. The SMILES string of the molecule is Cc1ccc(Cl)cc1NC(=O)/C(C#N)=C/c1cc(C)n(-c2ccc(C(C)(C)C)cc2)c1C. The normalized spacial score (nSPS) is 11.9. The van der Waals surface area contributed by atoms with Gasteiger partial charge in [-0.25, -0.2) is 0 Å². The van der Waals surface area contributed by atoms with Gasteiger partial charge in [0.15, 0.2) is 0 Å². The molecule has 0 bridgehead atoms. The first-order valence-corrected chi connectivity index (χ1v) is 10.9. The molecule has 5 heteroatoms. The van der Waals surface area contributed by atoms with Crippen LogP contribution in [0.1, 0.15) is 48.8 Å². The summed E-state index contributed by atoms with van der Waals surface area (Å²) in [6, 6.07) is 17.8. The third kappa shape index (κ3) is 4.95. The lowest BCUT2D eigenvalue weighted by Gasteiger charge is -2.20. The number of nitriles is 1. The molecule has 0 radical (unpaired) electrons. The van der Waals surface area contributed by atoms with Gasteiger partial charge < -0.3 is 9.88 Å². The third-order valence-corrected chi connectivity index (χ3v) is 5.81. The van der Waals surface area contributed by atoms with Gasteiger partial charge in [0.2, 0.25) is 0 Å². The van der Waals surface area contributed by atoms with Gasteiger partial charge in [0, 0.05) is 27.8 Å². The predicted molar refractivity (Wildman–Crippen MR) is 132 cm³/mol. The lowest BCUT2D eigenvalue weighted by molar-refractivity contribution is -0.112. The Morgan fingerprint density at radius 2 is 1.72 bits per heavy atom. The van der Waals surface area contributed by atoms with Crippen LogP contribution in [0.15, 0.2) is 54.1 Å². The highest BCUT2D eigenvalue weighted by atomic mass is 35.5. The average molecular weight is 446 g/mol. The van der Waals surface area contributed by atoms with E-state index in [9.17, 15) is 10.1 Å². The Bertz CT molecular complexity index is 1240. The smallest absolute Gasteiger partial charge is 0.266 e. The first-order chi connectivity index (χ1) is 15.0. The summed E-state index contributed by atoms with van der Waals surface area (Å²) >= 11 is 6.04. The van der Waals surface area contributed by atoms with E-state index in [4.69, 9.17) is 11.6 Å². The molecule has 0 saturated heterocycles. The number of carbonyl (C=O) groups excluding carboxylic acids is 1. The predicted octanol–water partition coefficient (Wildman–Crippen LogP) is 6.90. The minimum atomic E-state index is -0.461. The summed E-state index contributed by atoms with van der Waals surface area (Å²) in [6.07, 6.45) is 1.64. The van der Waals surface area contributed by atoms with Gasteiger partial charge in [-0.2, -0.15) is 5.26 Å². The average Bonchev–Trinajstić information content (AvgIpc) is 3.01. The number of aryl methyl sites for hydroxylation is 2. The van der Waals surface area contributed by atoms with Crippen molar-refractivity contribution in [3.63, 3.8) is 0 Å². The largest absolute Gasteiger partial charge is 0.321 e. The van der Waals surface area contributed by atoms with Crippen LogP contribution in [0.5, 0.6) is 0 Å². The highest BCUT2D eigenvalue weighted by Gasteiger charge is 2.16. The van der Waals surface area contributed by atoms with Gasteiger partial charge in [0.1, 0.15) is 11.6 Å². The molecule has 0 unspecified atom stereocenters. The summed E-state index contributed by atoms with van der Waals surface area (Å²) in [5, 5.41) is 13.0. The highest BCUT2D eigenvalue weighted by Crippen LogP contribution is 2.27. The second-order valence-corrected chi connectivity index (χ2v) is 9.48. The molecule has 32 heavy (non-hydrogen) atoms. The maximum Gasteiger partial charge on any atom is 0.266 e. The summed E-state index contributed by atoms with van der Waals surface area (Å²) in [5.74, 6) is -0.461. The Morgan fingerprint density at radius 1 is 1.06 bits per heavy atom. The summed E-state index contributed by atoms with van der Waals surface area (Å²) in [4.78, 5) is 12.8. The van der Waals surface area contributed by atoms with E-state index in [-0.39, 0.29) is 11.0 Å². The van der Waals surface area contributed by atoms with Gasteiger partial charge in [-0.15, -0.1) is 0 Å². The number of amides is 1. The number of anilines is 1. The van der Waals surface area contributed by atoms with E-state index in [1.165, 1.54) is 5.56 Å². The molecule has 1 N–H and O–H groups in total. The Hall–Kier alpha value is -3.29. The molecule has 1 heterocycles. The van der Waals surface area contributed by atoms with Gasteiger partial charge >= 0.3 is 0 Å². The van der Waals surface area contributed by atoms with Crippen LogP contribution in [0.2, 0.25) is 5.02 Å². The molecule has 3 rings (SSSR count). The number of hydrogen-bond acceptors (Lipinski definition) is 2. The molecule has 0 aliphatic heterocycles. The molecule has 3 aromatic rings. The van der Waals surface area contributed by atoms with Crippen molar-refractivity contribution in [2.75, 3.05) is 5.32 Å². The topological polar surface area (TPSA) is 57.8 Å². The fraction of sp³-hybridized carbons (Fsp3) is 0.259. The second kappa shape index (κ2) is 9.06. The van der Waals surface area contributed by atoms with Crippen LogP contribution < -0.4 is 5.32 Å². The third-order valence-electron chi connectivity index (χ3n) is 5.57. The van der Waals surface area contributed by atoms with E-state index in [0.717, 1.165) is 28.2 Å². The van der Waals surface area contributed by atoms with Gasteiger partial charge in [-0.3, -0.25) is 4.79 Å². The Kier molecular flexibility index (Phi) is 6.62. The van der Waals surface area contributed by atoms with Gasteiger partial charge in [-0.05, 0) is 79.3 Å². The van der Waals surface area contributed by atoms with Gasteiger partial charge in [0.25, 0.3) is 5.91 Å². The minimum Gasteiger partial charge on any atom is -0.321 e. The molecule has 0 aliphatic rings. The molecule has 4 nitrogen and oxygen atoms in total. The van der Waals surface area contributed by atoms with E-state index in [0.29, 0.717) is 10.7 Å². The molecular weight excluding hydrogens is 418 g/mol. The van der Waals surface area contributed by atoms with Crippen molar-refractivity contribution < 1.29 is 4.79 Å². The summed E-state index contributed by atoms with van der Waals surface area (Å²) in [6.45, 7) is 12.5. The maximum atomic E-state index is 12.8. The van der Waals surface area contributed by atoms with Crippen LogP contribution >= 0.6 is 11.6 Å². The number of nitrogens with zero attached hydrogens (tertiary/aromatic N) is 2. The molecule has 1 aromatic heterocycles. The first kappa shape index (κ1) is 23.4. The summed E-state index contributed by atoms with van der Waals surface area (Å²) < 4.78 is 2.13. The highest BCUT2D eigenvalue weighted by molar-refractivity contribution is 6.31. The van der Waals surface area contributed by atoms with Crippen LogP contribution in [0.25, 0.3) is 11.8 Å². The fourth-order valence-electron chi connectivity index (χ4n) is 3.66. The van der Waals surface area contributed by atoms with Crippen molar-refractivity contribution >= 4 is 29.3 Å². The van der Waals surface area contributed by atoms with E-state index >= 15 is 0 Å². The lowest BCUT2D eigenvalue weighted by Crippen LogP contribution is -2.14. The van der Waals surface area contributed by atoms with Crippen molar-refractivity contribution in [1.29, 1.82) is 5.26 Å². The first-order valence-electron chi connectivity index (χ1n) is 10.5. The number of hydrogen-bond donors (Lipinski definition) is 1. The van der Waals surface area contributed by atoms with Crippen LogP contribution in [0.3, 0.4) is 0 Å². The molecule has 0 fully saturated rings. The van der Waals surface area contributed by atoms with Crippen LogP contribution in [-0.2, 0) is 10.2 Å². The molecule has 0 spiro atoms. The number of nitrogens with one attached hydrogen (secondary N) is 1. The Morgan fingerprint density at radius 3 is 2.31 bits per heavy atom. The maximum absolute atomic E-state index is 12.8. The van der Waals surface area contributed by atoms with Crippen LogP contribution in [0, 0.1) is 32.1 Å². The number of aromatic nitrogens is 1. The minimum absolute atomic E-state index is 0.0349. The second-order valence-electron chi connectivity index (χ2n) is 9.04. The molecule has 0 aliphatic carbocycles. The number of benzene rings is 2. The molecular formula is C27H28ClN3O. The summed E-state index contributed by atoms with van der Waals surface area (Å²) in [7, 11) is 0. The van der Waals surface area contributed by atoms with Gasteiger partial charge in [-0.1, -0.05) is 50.6 Å². The number of rotatable bonds is 4. The zero-order valence-electron chi connectivity index (χ0n) is 19.4. The summed E-state index contributed by atoms with van der Waals surface area (Å²) in [5.41, 5.74) is 6.72. The van der Waals surface area contributed by atoms with Crippen LogP contribution in [0.4, 0.5) is 5.69 Å². The van der Waals surface area contributed by atoms with E-state index in [1.807, 2.05) is 39.0 Å². The van der Waals surface area contributed by atoms with Crippen molar-refractivity contribution in [3.8, 4) is 11.8 Å². The van der Waals surface area contributed by atoms with Crippen molar-refractivity contribution in [1.82, 2.24) is 4.57 Å². The molecule has 1 amide bonds. The number of carbonyl (C=O) groups is 1. The zero-order chi connectivity index (χ0) is 23.6. The van der Waals surface area contributed by atoms with E-state index in [2.05, 4.69) is 54.9 Å². The standard InChI is InChI=1S/C27H28ClN3O/c1-17-7-10-23(28)15-25(17)30-26(32)21(16-29)14-20-13-18(2)31(19(20)3)24-11-8-22(9-12-24)27(4,5)6/h7-15H,1-6H3,(H,30,32)/b21-14+. The van der Waals surface area contributed by atoms with E-state index < -0.39 is 5.91 Å². The Balaban J connectivity index is 1.93. The number of halogens is 1. The van der Waals surface area contributed by atoms with Crippen molar-refractivity contribution in [3.05, 3.63) is 87.2 Å². The zero-order valence-corrected chi connectivity index (χ0v) is 20.1. The van der Waals surface area contributed by atoms with Crippen molar-refractivity contribution in [2.24, 2.45) is 0 Å². The molecule has 0 atom stereocenters. The van der Waals surface area contributed by atoms with Crippen LogP contribution in [-0.4, -0.2) is 10.5 Å². The van der Waals surface area contributed by atoms with Gasteiger partial charge in [0.05, 0.1) is 0 Å².